The summed E-state index contributed by atoms with van der Waals surface area (Å²) in [6.45, 7) is 0. The van der Waals surface area contributed by atoms with Crippen molar-refractivity contribution in [2.45, 2.75) is 5.41 Å². The molecular weight excluding hydrogens is 699 g/mol. The number of hydrogen-bond acceptors (Lipinski definition) is 5. The Hall–Kier alpha value is -7.70. The van der Waals surface area contributed by atoms with E-state index in [1.54, 1.807) is 6.20 Å². The molecule has 0 aliphatic heterocycles. The van der Waals surface area contributed by atoms with E-state index in [1.165, 1.54) is 16.7 Å². The average Bonchev–Trinajstić information content (AvgIpc) is 3.83. The van der Waals surface area contributed by atoms with Crippen molar-refractivity contribution in [3.63, 3.8) is 0 Å². The largest absolute Gasteiger partial charge is 0.438 e. The van der Waals surface area contributed by atoms with Gasteiger partial charge in [-0.15, -0.1) is 0 Å². The maximum Gasteiger partial charge on any atom is 0.238 e. The number of pyridine rings is 1. The third-order valence-electron chi connectivity index (χ3n) is 11.1. The zero-order valence-corrected chi connectivity index (χ0v) is 30.7. The molecule has 0 unspecified atom stereocenters. The van der Waals surface area contributed by atoms with Crippen molar-refractivity contribution < 1.29 is 4.42 Å². The first-order valence-electron chi connectivity index (χ1n) is 19.1. The standard InChI is InChI=1S/C51H33N5O/c1-4-15-36(16-5-1)51(37-17-6-2-7-18-37,38-19-8-3-9-20-38)39-29-26-34(27-30-39)47-53-48(35-28-31-46-43(33-35)42-23-14-32-52-49(42)57-46)55-50(54-47)56-44-24-12-10-21-40(44)41-22-11-13-25-45(41)56/h1-33H. The Morgan fingerprint density at radius 2 is 0.895 bits per heavy atom. The topological polar surface area (TPSA) is 69.6 Å². The van der Waals surface area contributed by atoms with Gasteiger partial charge in [-0.25, -0.2) is 9.97 Å². The van der Waals surface area contributed by atoms with E-state index >= 15 is 0 Å². The number of nitrogens with zero attached hydrogens (tertiary/aromatic N) is 5. The molecule has 0 N–H and O–H groups in total. The minimum absolute atomic E-state index is 0.544. The zero-order chi connectivity index (χ0) is 37.8. The molecule has 0 fully saturated rings. The lowest BCUT2D eigenvalue weighted by Gasteiger charge is -2.37. The molecule has 11 aromatic rings. The number of benzene rings is 7. The maximum atomic E-state index is 6.08. The lowest BCUT2D eigenvalue weighted by atomic mass is 9.65. The van der Waals surface area contributed by atoms with E-state index in [1.807, 2.05) is 24.3 Å². The van der Waals surface area contributed by atoms with Crippen LogP contribution in [0.25, 0.3) is 72.6 Å². The van der Waals surface area contributed by atoms with Crippen LogP contribution in [0.2, 0.25) is 0 Å². The van der Waals surface area contributed by atoms with Crippen molar-refractivity contribution in [3.8, 4) is 28.7 Å². The van der Waals surface area contributed by atoms with Crippen molar-refractivity contribution in [1.29, 1.82) is 0 Å². The van der Waals surface area contributed by atoms with E-state index in [-0.39, 0.29) is 0 Å². The van der Waals surface area contributed by atoms with Gasteiger partial charge in [0.05, 0.1) is 16.4 Å². The summed E-state index contributed by atoms with van der Waals surface area (Å²) in [6.07, 6.45) is 1.75. The third-order valence-corrected chi connectivity index (χ3v) is 11.1. The van der Waals surface area contributed by atoms with Crippen molar-refractivity contribution in [1.82, 2.24) is 24.5 Å². The van der Waals surface area contributed by atoms with Crippen LogP contribution in [-0.2, 0) is 5.41 Å². The molecule has 4 aromatic heterocycles. The first kappa shape index (κ1) is 32.7. The summed E-state index contributed by atoms with van der Waals surface area (Å²) in [5.41, 5.74) is 9.27. The molecule has 0 radical (unpaired) electrons. The molecule has 6 nitrogen and oxygen atoms in total. The lowest BCUT2D eigenvalue weighted by Crippen LogP contribution is -2.30. The van der Waals surface area contributed by atoms with Gasteiger partial charge in [0.25, 0.3) is 0 Å². The van der Waals surface area contributed by atoms with E-state index in [9.17, 15) is 0 Å². The summed E-state index contributed by atoms with van der Waals surface area (Å²) in [4.78, 5) is 20.1. The molecule has 0 saturated carbocycles. The Balaban J connectivity index is 1.13. The molecule has 4 heterocycles. The van der Waals surface area contributed by atoms with E-state index in [0.717, 1.165) is 54.9 Å². The molecular formula is C51H33N5O. The summed E-state index contributed by atoms with van der Waals surface area (Å²) in [6, 6.07) is 67.9. The van der Waals surface area contributed by atoms with Crippen molar-refractivity contribution in [2.75, 3.05) is 0 Å². The van der Waals surface area contributed by atoms with E-state index in [4.69, 9.17) is 19.4 Å². The van der Waals surface area contributed by atoms with Gasteiger partial charge in [0.2, 0.25) is 11.7 Å². The second-order valence-corrected chi connectivity index (χ2v) is 14.2. The molecule has 268 valence electrons. The third kappa shape index (κ3) is 5.26. The van der Waals surface area contributed by atoms with E-state index in [0.29, 0.717) is 23.3 Å². The van der Waals surface area contributed by atoms with Gasteiger partial charge < -0.3 is 4.42 Å². The molecule has 11 rings (SSSR count). The Morgan fingerprint density at radius 1 is 0.404 bits per heavy atom. The summed E-state index contributed by atoms with van der Waals surface area (Å²) in [5, 5.41) is 4.18. The molecule has 0 amide bonds. The molecule has 57 heavy (non-hydrogen) atoms. The zero-order valence-electron chi connectivity index (χ0n) is 30.7. The van der Waals surface area contributed by atoms with Crippen LogP contribution in [-0.4, -0.2) is 24.5 Å². The summed E-state index contributed by atoms with van der Waals surface area (Å²) < 4.78 is 8.23. The van der Waals surface area contributed by atoms with Crippen LogP contribution < -0.4 is 0 Å². The fourth-order valence-electron chi connectivity index (χ4n) is 8.54. The molecule has 0 aliphatic carbocycles. The number of furan rings is 1. The van der Waals surface area contributed by atoms with Gasteiger partial charge >= 0.3 is 0 Å². The van der Waals surface area contributed by atoms with Gasteiger partial charge in [0.15, 0.2) is 11.6 Å². The van der Waals surface area contributed by atoms with Crippen LogP contribution in [0, 0.1) is 0 Å². The summed E-state index contributed by atoms with van der Waals surface area (Å²) >= 11 is 0. The van der Waals surface area contributed by atoms with Crippen molar-refractivity contribution in [3.05, 3.63) is 223 Å². The highest BCUT2D eigenvalue weighted by atomic mass is 16.3. The SMILES string of the molecule is c1ccc(C(c2ccccc2)(c2ccccc2)c2ccc(-c3nc(-c4ccc5oc6ncccc6c5c4)nc(-n4c5ccccc5c5ccccc54)n3)cc2)cc1. The number of para-hydroxylation sites is 2. The predicted octanol–water partition coefficient (Wildman–Crippen LogP) is 12.0. The number of aromatic nitrogens is 5. The second kappa shape index (κ2) is 13.3. The molecule has 6 heteroatoms. The van der Waals surface area contributed by atoms with Crippen LogP contribution in [0.5, 0.6) is 0 Å². The minimum atomic E-state index is -0.571. The smallest absolute Gasteiger partial charge is 0.238 e. The van der Waals surface area contributed by atoms with Crippen LogP contribution in [0.4, 0.5) is 0 Å². The Labute approximate surface area is 328 Å². The van der Waals surface area contributed by atoms with Crippen LogP contribution in [0.15, 0.2) is 205 Å². The van der Waals surface area contributed by atoms with Crippen LogP contribution >= 0.6 is 0 Å². The lowest BCUT2D eigenvalue weighted by molar-refractivity contribution is 0.654. The normalized spacial score (nSPS) is 11.9. The molecule has 0 spiro atoms. The van der Waals surface area contributed by atoms with Gasteiger partial charge in [0, 0.05) is 38.9 Å². The second-order valence-electron chi connectivity index (χ2n) is 14.2. The summed E-state index contributed by atoms with van der Waals surface area (Å²) in [5.74, 6) is 1.68. The maximum absolute atomic E-state index is 6.08. The fraction of sp³-hybridized carbons (Fsp3) is 0.0196. The van der Waals surface area contributed by atoms with Gasteiger partial charge in [-0.05, 0) is 64.7 Å². The molecule has 0 saturated heterocycles. The summed E-state index contributed by atoms with van der Waals surface area (Å²) in [7, 11) is 0. The Morgan fingerprint density at radius 3 is 1.49 bits per heavy atom. The molecule has 7 aromatic carbocycles. The number of rotatable bonds is 7. The first-order chi connectivity index (χ1) is 28.3. The number of fused-ring (bicyclic) bond motifs is 6. The number of hydrogen-bond donors (Lipinski definition) is 0. The van der Waals surface area contributed by atoms with Crippen LogP contribution in [0.1, 0.15) is 22.3 Å². The van der Waals surface area contributed by atoms with Gasteiger partial charge in [0.1, 0.15) is 5.58 Å². The molecule has 0 bridgehead atoms. The highest BCUT2D eigenvalue weighted by molar-refractivity contribution is 6.09. The van der Waals surface area contributed by atoms with Crippen LogP contribution in [0.3, 0.4) is 0 Å². The quantitative estimate of drug-likeness (QED) is 0.153. The highest BCUT2D eigenvalue weighted by Gasteiger charge is 2.38. The van der Waals surface area contributed by atoms with Gasteiger partial charge in [-0.3, -0.25) is 4.57 Å². The van der Waals surface area contributed by atoms with E-state index < -0.39 is 5.41 Å². The van der Waals surface area contributed by atoms with Crippen molar-refractivity contribution in [2.24, 2.45) is 0 Å². The monoisotopic (exact) mass is 731 g/mol. The fourth-order valence-corrected chi connectivity index (χ4v) is 8.54. The first-order valence-corrected chi connectivity index (χ1v) is 19.1. The Kier molecular flexibility index (Phi) is 7.60. The predicted molar refractivity (Wildman–Crippen MR) is 228 cm³/mol. The molecule has 0 aliphatic rings. The highest BCUT2D eigenvalue weighted by Crippen LogP contribution is 2.45. The van der Waals surface area contributed by atoms with Gasteiger partial charge in [-0.2, -0.15) is 9.97 Å². The van der Waals surface area contributed by atoms with E-state index in [2.05, 4.69) is 179 Å². The van der Waals surface area contributed by atoms with Gasteiger partial charge in [-0.1, -0.05) is 152 Å². The van der Waals surface area contributed by atoms with Crippen molar-refractivity contribution >= 4 is 43.9 Å². The molecule has 0 atom stereocenters. The average molecular weight is 732 g/mol. The minimum Gasteiger partial charge on any atom is -0.438 e. The Bertz CT molecular complexity index is 3080.